The first-order valence-corrected chi connectivity index (χ1v) is 8.38. The number of fused-ring (bicyclic) bond motifs is 1. The van der Waals surface area contributed by atoms with Crippen molar-refractivity contribution in [3.63, 3.8) is 0 Å². The first-order chi connectivity index (χ1) is 9.81. The average Bonchev–Trinajstić information content (AvgIpc) is 2.69. The number of nitrogens with zero attached hydrogens (tertiary/aromatic N) is 1. The summed E-state index contributed by atoms with van der Waals surface area (Å²) in [6.45, 7) is 4.40. The number of hydrogen-bond donors (Lipinski definition) is 0. The number of carbonyl (C=O) groups is 2. The SMILES string of the molecule is CC1(C)COP(=O)(CN2C(=O)c3ccccc3C2=O)OC1. The standard InChI is InChI=1S/C14H16NO5P/c1-14(2)7-19-21(18,20-8-14)9-15-12(16)10-5-3-4-6-11(10)13(15)17/h3-6H,7-9H2,1-2H3. The van der Waals surface area contributed by atoms with Gasteiger partial charge in [0, 0.05) is 5.41 Å². The van der Waals surface area contributed by atoms with E-state index in [1.165, 1.54) is 0 Å². The van der Waals surface area contributed by atoms with E-state index in [4.69, 9.17) is 9.05 Å². The molecule has 2 aliphatic heterocycles. The summed E-state index contributed by atoms with van der Waals surface area (Å²) >= 11 is 0. The summed E-state index contributed by atoms with van der Waals surface area (Å²) in [4.78, 5) is 25.4. The van der Waals surface area contributed by atoms with Crippen molar-refractivity contribution in [2.24, 2.45) is 5.41 Å². The van der Waals surface area contributed by atoms with Crippen LogP contribution in [0, 0.1) is 5.41 Å². The number of benzene rings is 1. The molecule has 0 N–H and O–H groups in total. The lowest BCUT2D eigenvalue weighted by atomic mass is 9.97. The van der Waals surface area contributed by atoms with E-state index in [0.29, 0.717) is 11.1 Å². The van der Waals surface area contributed by atoms with E-state index in [-0.39, 0.29) is 24.9 Å². The zero-order valence-corrected chi connectivity index (χ0v) is 12.8. The maximum atomic E-state index is 12.5. The van der Waals surface area contributed by atoms with Gasteiger partial charge in [-0.1, -0.05) is 26.0 Å². The number of hydrogen-bond acceptors (Lipinski definition) is 5. The van der Waals surface area contributed by atoms with Crippen LogP contribution >= 0.6 is 7.60 Å². The van der Waals surface area contributed by atoms with Gasteiger partial charge in [-0.15, -0.1) is 0 Å². The molecule has 7 heteroatoms. The Labute approximate surface area is 122 Å². The van der Waals surface area contributed by atoms with Crippen LogP contribution < -0.4 is 0 Å². The lowest BCUT2D eigenvalue weighted by molar-refractivity contribution is 0.0348. The third kappa shape index (κ3) is 2.55. The molecule has 1 saturated heterocycles. The molecular formula is C14H16NO5P. The zero-order valence-electron chi connectivity index (χ0n) is 11.9. The van der Waals surface area contributed by atoms with Gasteiger partial charge in [-0.2, -0.15) is 0 Å². The summed E-state index contributed by atoms with van der Waals surface area (Å²) in [5.74, 6) is -0.911. The molecule has 6 nitrogen and oxygen atoms in total. The van der Waals surface area contributed by atoms with Crippen LogP contribution in [0.4, 0.5) is 0 Å². The molecule has 0 radical (unpaired) electrons. The fourth-order valence-corrected chi connectivity index (χ4v) is 4.18. The molecule has 1 fully saturated rings. The van der Waals surface area contributed by atoms with Crippen LogP contribution in [0.25, 0.3) is 0 Å². The molecular weight excluding hydrogens is 293 g/mol. The number of amides is 2. The fraction of sp³-hybridized carbons (Fsp3) is 0.429. The summed E-state index contributed by atoms with van der Waals surface area (Å²) in [5, 5.41) is 0. The molecule has 0 aromatic heterocycles. The number of rotatable bonds is 2. The van der Waals surface area contributed by atoms with Crippen LogP contribution in [0.1, 0.15) is 34.6 Å². The molecule has 2 amide bonds. The minimum Gasteiger partial charge on any atom is -0.307 e. The molecule has 21 heavy (non-hydrogen) atoms. The first-order valence-electron chi connectivity index (χ1n) is 6.65. The van der Waals surface area contributed by atoms with E-state index < -0.39 is 19.4 Å². The molecule has 0 spiro atoms. The van der Waals surface area contributed by atoms with Crippen molar-refractivity contribution in [2.75, 3.05) is 19.5 Å². The van der Waals surface area contributed by atoms with Crippen molar-refractivity contribution in [3.8, 4) is 0 Å². The van der Waals surface area contributed by atoms with Crippen LogP contribution in [0.15, 0.2) is 24.3 Å². The van der Waals surface area contributed by atoms with Crippen LogP contribution in [0.5, 0.6) is 0 Å². The molecule has 1 aromatic carbocycles. The smallest absolute Gasteiger partial charge is 0.307 e. The highest BCUT2D eigenvalue weighted by Crippen LogP contribution is 2.54. The Hall–Kier alpha value is -1.49. The Morgan fingerprint density at radius 2 is 1.57 bits per heavy atom. The molecule has 0 bridgehead atoms. The molecule has 1 aromatic rings. The van der Waals surface area contributed by atoms with Gasteiger partial charge in [-0.05, 0) is 12.1 Å². The summed E-state index contributed by atoms with van der Waals surface area (Å²) < 4.78 is 23.2. The van der Waals surface area contributed by atoms with Gasteiger partial charge in [0.2, 0.25) is 0 Å². The van der Waals surface area contributed by atoms with Gasteiger partial charge in [-0.25, -0.2) is 0 Å². The van der Waals surface area contributed by atoms with E-state index in [1.807, 2.05) is 13.8 Å². The molecule has 3 rings (SSSR count). The maximum absolute atomic E-state index is 12.5. The second kappa shape index (κ2) is 4.77. The third-order valence-corrected chi connectivity index (χ3v) is 5.17. The van der Waals surface area contributed by atoms with Crippen molar-refractivity contribution in [2.45, 2.75) is 13.8 Å². The molecule has 112 valence electrons. The maximum Gasteiger partial charge on any atom is 0.350 e. The van der Waals surface area contributed by atoms with E-state index in [9.17, 15) is 14.2 Å². The topological polar surface area (TPSA) is 72.9 Å². The van der Waals surface area contributed by atoms with Crippen molar-refractivity contribution < 1.29 is 23.2 Å². The monoisotopic (exact) mass is 309 g/mol. The second-order valence-corrected chi connectivity index (χ2v) is 8.07. The van der Waals surface area contributed by atoms with E-state index in [2.05, 4.69) is 0 Å². The minimum absolute atomic E-state index is 0.226. The third-order valence-electron chi connectivity index (χ3n) is 3.50. The summed E-state index contributed by atoms with van der Waals surface area (Å²) in [7, 11) is -3.46. The highest BCUT2D eigenvalue weighted by molar-refractivity contribution is 7.53. The van der Waals surface area contributed by atoms with Gasteiger partial charge < -0.3 is 9.05 Å². The second-order valence-electron chi connectivity index (χ2n) is 6.05. The van der Waals surface area contributed by atoms with Crippen LogP contribution in [-0.2, 0) is 13.6 Å². The molecule has 2 aliphatic rings. The van der Waals surface area contributed by atoms with Crippen LogP contribution in [0.2, 0.25) is 0 Å². The fourth-order valence-electron chi connectivity index (χ4n) is 2.25. The molecule has 2 heterocycles. The largest absolute Gasteiger partial charge is 0.350 e. The van der Waals surface area contributed by atoms with Crippen molar-refractivity contribution in [1.29, 1.82) is 0 Å². The Kier molecular flexibility index (Phi) is 3.28. The van der Waals surface area contributed by atoms with Gasteiger partial charge in [0.1, 0.15) is 6.29 Å². The van der Waals surface area contributed by atoms with E-state index >= 15 is 0 Å². The zero-order chi connectivity index (χ0) is 15.3. The van der Waals surface area contributed by atoms with Crippen molar-refractivity contribution in [1.82, 2.24) is 4.90 Å². The highest BCUT2D eigenvalue weighted by atomic mass is 31.2. The molecule has 0 atom stereocenters. The Bertz CT molecular complexity index is 620. The minimum atomic E-state index is -3.46. The van der Waals surface area contributed by atoms with Gasteiger partial charge >= 0.3 is 7.60 Å². The quantitative estimate of drug-likeness (QED) is 0.620. The lowest BCUT2D eigenvalue weighted by Crippen LogP contribution is -2.36. The average molecular weight is 309 g/mol. The van der Waals surface area contributed by atoms with E-state index in [0.717, 1.165) is 4.90 Å². The summed E-state index contributed by atoms with van der Waals surface area (Å²) in [6, 6.07) is 6.53. The Morgan fingerprint density at radius 1 is 1.10 bits per heavy atom. The van der Waals surface area contributed by atoms with Gasteiger partial charge in [0.15, 0.2) is 0 Å². The van der Waals surface area contributed by atoms with Gasteiger partial charge in [0.25, 0.3) is 11.8 Å². The summed E-state index contributed by atoms with van der Waals surface area (Å²) in [5.41, 5.74) is 0.425. The number of imide groups is 1. The molecule has 0 aliphatic carbocycles. The first kappa shape index (κ1) is 14.4. The van der Waals surface area contributed by atoms with Crippen molar-refractivity contribution >= 4 is 19.4 Å². The highest BCUT2D eigenvalue weighted by Gasteiger charge is 2.44. The Balaban J connectivity index is 1.80. The predicted octanol–water partition coefficient (Wildman–Crippen LogP) is 2.51. The Morgan fingerprint density at radius 3 is 2.05 bits per heavy atom. The molecule has 0 saturated carbocycles. The predicted molar refractivity (Wildman–Crippen MR) is 75.1 cm³/mol. The lowest BCUT2D eigenvalue weighted by Gasteiger charge is -2.35. The van der Waals surface area contributed by atoms with Crippen LogP contribution in [0.3, 0.4) is 0 Å². The number of carbonyl (C=O) groups excluding carboxylic acids is 2. The van der Waals surface area contributed by atoms with Gasteiger partial charge in [-0.3, -0.25) is 19.1 Å². The molecule has 0 unspecified atom stereocenters. The van der Waals surface area contributed by atoms with Crippen LogP contribution in [-0.4, -0.2) is 36.2 Å². The van der Waals surface area contributed by atoms with E-state index in [1.54, 1.807) is 24.3 Å². The van der Waals surface area contributed by atoms with Crippen molar-refractivity contribution in [3.05, 3.63) is 35.4 Å². The van der Waals surface area contributed by atoms with Gasteiger partial charge in [0.05, 0.1) is 24.3 Å². The summed E-state index contributed by atoms with van der Waals surface area (Å²) in [6.07, 6.45) is -0.338. The normalized spacial score (nSPS) is 23.2.